The molecule has 186 valence electrons. The van der Waals surface area contributed by atoms with Crippen LogP contribution in [-0.4, -0.2) is 72.9 Å². The van der Waals surface area contributed by atoms with Gasteiger partial charge in [0.15, 0.2) is 11.5 Å². The quantitative estimate of drug-likeness (QED) is 0.552. The molecule has 0 radical (unpaired) electrons. The first-order valence-corrected chi connectivity index (χ1v) is 12.0. The molecule has 0 aromatic heterocycles. The lowest BCUT2D eigenvalue weighted by molar-refractivity contribution is -0.130. The zero-order valence-corrected chi connectivity index (χ0v) is 19.4. The number of nitrogens with zero attached hydrogens (tertiary/aromatic N) is 3. The van der Waals surface area contributed by atoms with Crippen molar-refractivity contribution in [2.45, 2.75) is 64.1 Å². The van der Waals surface area contributed by atoms with Gasteiger partial charge in [0.2, 0.25) is 11.8 Å². The highest BCUT2D eigenvalue weighted by molar-refractivity contribution is 5.84. The van der Waals surface area contributed by atoms with Crippen molar-refractivity contribution in [2.24, 2.45) is 11.0 Å². The third-order valence-corrected chi connectivity index (χ3v) is 6.52. The van der Waals surface area contributed by atoms with E-state index < -0.39 is 6.61 Å². The number of hydrogen-bond donors (Lipinski definition) is 1. The Morgan fingerprint density at radius 2 is 1.91 bits per heavy atom. The van der Waals surface area contributed by atoms with E-state index >= 15 is 0 Å². The summed E-state index contributed by atoms with van der Waals surface area (Å²) in [6, 6.07) is 4.44. The van der Waals surface area contributed by atoms with Gasteiger partial charge in [-0.1, -0.05) is 0 Å². The van der Waals surface area contributed by atoms with Gasteiger partial charge in [-0.15, -0.1) is 0 Å². The van der Waals surface area contributed by atoms with E-state index in [9.17, 15) is 18.4 Å². The van der Waals surface area contributed by atoms with Crippen molar-refractivity contribution in [2.75, 3.05) is 26.2 Å². The van der Waals surface area contributed by atoms with Gasteiger partial charge in [-0.2, -0.15) is 13.9 Å². The van der Waals surface area contributed by atoms with Crippen LogP contribution in [0.4, 0.5) is 8.78 Å². The van der Waals surface area contributed by atoms with Gasteiger partial charge >= 0.3 is 6.61 Å². The smallest absolute Gasteiger partial charge is 0.387 e. The fraction of sp³-hybridized carbons (Fsp3) is 0.625. The van der Waals surface area contributed by atoms with Crippen molar-refractivity contribution in [1.82, 2.24) is 15.2 Å². The van der Waals surface area contributed by atoms with Crippen LogP contribution < -0.4 is 14.8 Å². The molecule has 4 rings (SSSR count). The predicted molar refractivity (Wildman–Crippen MR) is 122 cm³/mol. The summed E-state index contributed by atoms with van der Waals surface area (Å²) in [7, 11) is 0. The Hall–Kier alpha value is -2.91. The highest BCUT2D eigenvalue weighted by Crippen LogP contribution is 2.34. The molecule has 10 heteroatoms. The lowest BCUT2D eigenvalue weighted by atomic mass is 10.0. The molecule has 1 aromatic carbocycles. The van der Waals surface area contributed by atoms with Crippen LogP contribution in [0.1, 0.15) is 51.0 Å². The first-order chi connectivity index (χ1) is 16.4. The second-order valence-electron chi connectivity index (χ2n) is 9.19. The third-order valence-electron chi connectivity index (χ3n) is 6.52. The van der Waals surface area contributed by atoms with E-state index in [-0.39, 0.29) is 35.4 Å². The average Bonchev–Trinajstić information content (AvgIpc) is 3.52. The van der Waals surface area contributed by atoms with E-state index in [0.717, 1.165) is 32.1 Å². The summed E-state index contributed by atoms with van der Waals surface area (Å²) < 4.78 is 35.8. The standard InChI is InChI=1S/C24H32F2N4O4/c1-16(31)29-11-8-19(9-12-29)28-23(32)20-3-2-10-30(20)27-14-18-6-7-21(34-24(25)26)22(13-18)33-15-17-4-5-17/h6-7,13-14,17,19-20,24H,2-5,8-12,15H2,1H3,(H,28,32)/b27-14+/t20-/m0/s1. The molecule has 1 atom stereocenters. The second-order valence-corrected chi connectivity index (χ2v) is 9.19. The molecule has 3 fully saturated rings. The predicted octanol–water partition coefficient (Wildman–Crippen LogP) is 3.00. The van der Waals surface area contributed by atoms with Crippen molar-refractivity contribution in [3.63, 3.8) is 0 Å². The normalized spacial score (nSPS) is 21.4. The molecule has 1 aliphatic carbocycles. The molecule has 2 saturated heterocycles. The average molecular weight is 479 g/mol. The van der Waals surface area contributed by atoms with Gasteiger partial charge in [0.1, 0.15) is 6.04 Å². The van der Waals surface area contributed by atoms with Gasteiger partial charge in [0, 0.05) is 32.6 Å². The van der Waals surface area contributed by atoms with Crippen molar-refractivity contribution >= 4 is 18.0 Å². The number of nitrogens with one attached hydrogen (secondary N) is 1. The maximum Gasteiger partial charge on any atom is 0.387 e. The zero-order chi connectivity index (χ0) is 24.1. The third kappa shape index (κ3) is 6.57. The minimum absolute atomic E-state index is 0.00190. The van der Waals surface area contributed by atoms with Crippen LogP contribution in [0.15, 0.2) is 23.3 Å². The van der Waals surface area contributed by atoms with Gasteiger partial charge in [0.05, 0.1) is 12.8 Å². The van der Waals surface area contributed by atoms with Gasteiger partial charge < -0.3 is 19.7 Å². The molecule has 3 aliphatic rings. The molecule has 1 saturated carbocycles. The summed E-state index contributed by atoms with van der Waals surface area (Å²) in [5, 5.41) is 9.40. The van der Waals surface area contributed by atoms with Gasteiger partial charge in [-0.3, -0.25) is 14.6 Å². The van der Waals surface area contributed by atoms with Crippen LogP contribution in [0.2, 0.25) is 0 Å². The highest BCUT2D eigenvalue weighted by Gasteiger charge is 2.32. The van der Waals surface area contributed by atoms with Gasteiger partial charge in [0.25, 0.3) is 0 Å². The summed E-state index contributed by atoms with van der Waals surface area (Å²) in [4.78, 5) is 26.2. The number of rotatable bonds is 9. The van der Waals surface area contributed by atoms with E-state index in [1.54, 1.807) is 35.2 Å². The topological polar surface area (TPSA) is 83.5 Å². The minimum atomic E-state index is -2.93. The van der Waals surface area contributed by atoms with E-state index in [0.29, 0.717) is 44.1 Å². The monoisotopic (exact) mass is 478 g/mol. The Labute approximate surface area is 198 Å². The lowest BCUT2D eigenvalue weighted by Crippen LogP contribution is -2.50. The molecule has 1 aromatic rings. The molecule has 34 heavy (non-hydrogen) atoms. The molecule has 2 amide bonds. The number of carbonyl (C=O) groups is 2. The summed E-state index contributed by atoms with van der Waals surface area (Å²) in [6.07, 6.45) is 6.85. The van der Waals surface area contributed by atoms with Crippen LogP contribution in [0.5, 0.6) is 11.5 Å². The summed E-state index contributed by atoms with van der Waals surface area (Å²) in [6.45, 7) is 1.08. The molecular weight excluding hydrogens is 446 g/mol. The van der Waals surface area contributed by atoms with Crippen molar-refractivity contribution < 1.29 is 27.8 Å². The Kier molecular flexibility index (Phi) is 7.84. The summed E-state index contributed by atoms with van der Waals surface area (Å²) in [5.41, 5.74) is 0.676. The number of piperidine rings is 1. The van der Waals surface area contributed by atoms with Crippen LogP contribution in [0, 0.1) is 5.92 Å². The highest BCUT2D eigenvalue weighted by atomic mass is 19.3. The van der Waals surface area contributed by atoms with Crippen molar-refractivity contribution in [1.29, 1.82) is 0 Å². The summed E-state index contributed by atoms with van der Waals surface area (Å²) >= 11 is 0. The maximum atomic E-state index is 12.9. The zero-order valence-electron chi connectivity index (χ0n) is 19.4. The second kappa shape index (κ2) is 11.0. The Morgan fingerprint density at radius 1 is 1.15 bits per heavy atom. The fourth-order valence-electron chi connectivity index (χ4n) is 4.34. The number of benzene rings is 1. The van der Waals surface area contributed by atoms with Crippen LogP contribution in [-0.2, 0) is 9.59 Å². The fourth-order valence-corrected chi connectivity index (χ4v) is 4.34. The van der Waals surface area contributed by atoms with Crippen LogP contribution in [0.25, 0.3) is 0 Å². The number of likely N-dealkylation sites (tertiary alicyclic amines) is 1. The number of hydrogen-bond acceptors (Lipinski definition) is 6. The number of alkyl halides is 2. The van der Waals surface area contributed by atoms with Gasteiger partial charge in [-0.25, -0.2) is 0 Å². The van der Waals surface area contributed by atoms with E-state index in [4.69, 9.17) is 4.74 Å². The van der Waals surface area contributed by atoms with Gasteiger partial charge in [-0.05, 0) is 68.2 Å². The number of halogens is 2. The molecule has 8 nitrogen and oxygen atoms in total. The molecule has 1 N–H and O–H groups in total. The van der Waals surface area contributed by atoms with Crippen LogP contribution in [0.3, 0.4) is 0 Å². The summed E-state index contributed by atoms with van der Waals surface area (Å²) in [5.74, 6) is 0.752. The number of amides is 2. The van der Waals surface area contributed by atoms with E-state index in [2.05, 4.69) is 15.2 Å². The minimum Gasteiger partial charge on any atom is -0.489 e. The molecule has 2 heterocycles. The van der Waals surface area contributed by atoms with Crippen molar-refractivity contribution in [3.05, 3.63) is 23.8 Å². The Balaban J connectivity index is 1.35. The number of ether oxygens (including phenoxy) is 2. The largest absolute Gasteiger partial charge is 0.489 e. The Bertz CT molecular complexity index is 901. The first-order valence-electron chi connectivity index (χ1n) is 12.0. The van der Waals surface area contributed by atoms with E-state index in [1.807, 2.05) is 0 Å². The molecule has 2 aliphatic heterocycles. The van der Waals surface area contributed by atoms with E-state index in [1.165, 1.54) is 6.07 Å². The molecule has 0 spiro atoms. The lowest BCUT2D eigenvalue weighted by Gasteiger charge is -2.32. The molecule has 0 unspecified atom stereocenters. The number of hydrazone groups is 1. The SMILES string of the molecule is CC(=O)N1CCC(NC(=O)[C@@H]2CCCN2/N=C/c2ccc(OC(F)F)c(OCC3CC3)c2)CC1. The maximum absolute atomic E-state index is 12.9. The number of carbonyl (C=O) groups excluding carboxylic acids is 2. The van der Waals surface area contributed by atoms with Crippen LogP contribution >= 0.6 is 0 Å². The molecular formula is C24H32F2N4O4. The first kappa shape index (κ1) is 24.2. The Morgan fingerprint density at radius 3 is 2.59 bits per heavy atom. The van der Waals surface area contributed by atoms with Crippen molar-refractivity contribution in [3.8, 4) is 11.5 Å². The molecule has 0 bridgehead atoms.